The third kappa shape index (κ3) is 5.51. The maximum atomic E-state index is 14.8. The van der Waals surface area contributed by atoms with Crippen LogP contribution in [0.2, 0.25) is 0 Å². The summed E-state index contributed by atoms with van der Waals surface area (Å²) in [6.45, 7) is -1.90. The minimum atomic E-state index is -5.30. The predicted molar refractivity (Wildman–Crippen MR) is 137 cm³/mol. The number of carbonyl (C=O) groups is 2. The standard InChI is InChI=1S/C25H26F6N8O4/c1-23(42,25(29,30)31)22(41)38-7-15(26)16(8-38)36-20(40)14-3-12(5-33-21(14)43-2)17-4-13(6-37-9-24(27,28)10-37)18-19(32)34-11-35-39(17)18/h3-5,11,15-16,42H,6-10H2,1-2H3,(H,36,40)(H2,32,34,35)/t15-,16+,23+/m0/s1. The first-order chi connectivity index (χ1) is 20.0. The Labute approximate surface area is 239 Å². The zero-order valence-electron chi connectivity index (χ0n) is 22.7. The highest BCUT2D eigenvalue weighted by Gasteiger charge is 2.58. The number of aromatic nitrogens is 4. The van der Waals surface area contributed by atoms with Gasteiger partial charge in [-0.1, -0.05) is 0 Å². The number of aliphatic hydroxyl groups is 1. The number of ether oxygens (including phenoxy) is 1. The van der Waals surface area contributed by atoms with Crippen LogP contribution in [0.25, 0.3) is 16.8 Å². The van der Waals surface area contributed by atoms with Gasteiger partial charge in [-0.05, 0) is 24.6 Å². The molecule has 3 aromatic rings. The normalized spacial score (nSPS) is 21.8. The SMILES string of the molecule is COc1ncc(-c2cc(CN3CC(F)(F)C3)c3c(N)ncnn23)cc1C(=O)N[C@@H]1CN(C(=O)[C@@](C)(O)C(F)(F)F)C[C@@H]1F. The van der Waals surface area contributed by atoms with E-state index in [-0.39, 0.29) is 30.7 Å². The highest BCUT2D eigenvalue weighted by atomic mass is 19.4. The van der Waals surface area contributed by atoms with Gasteiger partial charge in [-0.3, -0.25) is 14.5 Å². The maximum absolute atomic E-state index is 14.8. The number of anilines is 1. The number of nitrogens with two attached hydrogens (primary N) is 1. The molecule has 0 spiro atoms. The topological polar surface area (TPSA) is 151 Å². The van der Waals surface area contributed by atoms with Gasteiger partial charge in [-0.15, -0.1) is 0 Å². The molecule has 12 nitrogen and oxygen atoms in total. The first-order valence-electron chi connectivity index (χ1n) is 12.8. The number of hydrogen-bond acceptors (Lipinski definition) is 9. The fourth-order valence-corrected chi connectivity index (χ4v) is 5.09. The van der Waals surface area contributed by atoms with E-state index in [4.69, 9.17) is 10.5 Å². The number of carbonyl (C=O) groups excluding carboxylic acids is 2. The van der Waals surface area contributed by atoms with E-state index in [1.165, 1.54) is 35.1 Å². The van der Waals surface area contributed by atoms with E-state index in [1.807, 2.05) is 0 Å². The summed E-state index contributed by atoms with van der Waals surface area (Å²) in [5, 5.41) is 16.3. The number of pyridine rings is 1. The molecule has 0 bridgehead atoms. The molecule has 232 valence electrons. The van der Waals surface area contributed by atoms with Crippen LogP contribution in [0.1, 0.15) is 22.8 Å². The Kier molecular flexibility index (Phi) is 7.40. The van der Waals surface area contributed by atoms with E-state index in [9.17, 15) is 41.0 Å². The summed E-state index contributed by atoms with van der Waals surface area (Å²) in [7, 11) is 1.23. The van der Waals surface area contributed by atoms with Crippen LogP contribution >= 0.6 is 0 Å². The highest BCUT2D eigenvalue weighted by molar-refractivity contribution is 5.98. The number of methoxy groups -OCH3 is 1. The average Bonchev–Trinajstić information content (AvgIpc) is 3.47. The molecule has 43 heavy (non-hydrogen) atoms. The van der Waals surface area contributed by atoms with Crippen molar-refractivity contribution in [3.8, 4) is 17.1 Å². The van der Waals surface area contributed by atoms with Crippen molar-refractivity contribution in [1.82, 2.24) is 34.7 Å². The van der Waals surface area contributed by atoms with Gasteiger partial charge in [0.2, 0.25) is 11.5 Å². The second-order valence-corrected chi connectivity index (χ2v) is 10.6. The molecule has 5 rings (SSSR count). The van der Waals surface area contributed by atoms with Crippen molar-refractivity contribution in [1.29, 1.82) is 0 Å². The quantitative estimate of drug-likeness (QED) is 0.335. The lowest BCUT2D eigenvalue weighted by Gasteiger charge is -2.38. The number of amides is 2. The van der Waals surface area contributed by atoms with E-state index in [0.29, 0.717) is 27.2 Å². The van der Waals surface area contributed by atoms with Gasteiger partial charge < -0.3 is 25.8 Å². The van der Waals surface area contributed by atoms with Crippen molar-refractivity contribution >= 4 is 23.1 Å². The molecular weight excluding hydrogens is 590 g/mol. The molecule has 2 saturated heterocycles. The largest absolute Gasteiger partial charge is 0.480 e. The van der Waals surface area contributed by atoms with Crippen LogP contribution in [0.15, 0.2) is 24.7 Å². The zero-order chi connectivity index (χ0) is 31.5. The Morgan fingerprint density at radius 1 is 1.21 bits per heavy atom. The van der Waals surface area contributed by atoms with Crippen molar-refractivity contribution < 1.29 is 45.8 Å². The third-order valence-electron chi connectivity index (χ3n) is 7.37. The summed E-state index contributed by atoms with van der Waals surface area (Å²) in [5.74, 6) is -5.53. The summed E-state index contributed by atoms with van der Waals surface area (Å²) >= 11 is 0. The van der Waals surface area contributed by atoms with Gasteiger partial charge in [0.1, 0.15) is 23.6 Å². The van der Waals surface area contributed by atoms with Crippen LogP contribution in [0.4, 0.5) is 32.2 Å². The first kappa shape index (κ1) is 30.3. The lowest BCUT2D eigenvalue weighted by molar-refractivity contribution is -0.249. The average molecular weight is 617 g/mol. The van der Waals surface area contributed by atoms with Gasteiger partial charge in [0, 0.05) is 24.8 Å². The molecule has 0 aliphatic carbocycles. The van der Waals surface area contributed by atoms with Crippen LogP contribution in [-0.2, 0) is 11.3 Å². The number of nitrogens with one attached hydrogen (secondary N) is 1. The number of halogens is 6. The fraction of sp³-hybridized carbons (Fsp3) is 0.480. The van der Waals surface area contributed by atoms with Crippen LogP contribution in [0.3, 0.4) is 0 Å². The molecule has 4 N–H and O–H groups in total. The minimum absolute atomic E-state index is 0.0850. The van der Waals surface area contributed by atoms with Gasteiger partial charge in [0.25, 0.3) is 17.7 Å². The number of fused-ring (bicyclic) bond motifs is 1. The molecule has 2 aliphatic heterocycles. The lowest BCUT2D eigenvalue weighted by Crippen LogP contribution is -2.56. The molecule has 0 saturated carbocycles. The van der Waals surface area contributed by atoms with Crippen LogP contribution < -0.4 is 15.8 Å². The van der Waals surface area contributed by atoms with Crippen molar-refractivity contribution in [3.05, 3.63) is 35.8 Å². The number of rotatable bonds is 7. The number of nitrogens with zero attached hydrogens (tertiary/aromatic N) is 6. The van der Waals surface area contributed by atoms with E-state index in [1.54, 1.807) is 6.07 Å². The van der Waals surface area contributed by atoms with Crippen molar-refractivity contribution in [3.63, 3.8) is 0 Å². The Morgan fingerprint density at radius 2 is 1.91 bits per heavy atom. The summed E-state index contributed by atoms with van der Waals surface area (Å²) in [4.78, 5) is 35.7. The monoisotopic (exact) mass is 616 g/mol. The first-order valence-corrected chi connectivity index (χ1v) is 12.8. The molecule has 0 aromatic carbocycles. The molecule has 3 aromatic heterocycles. The number of hydrogen-bond donors (Lipinski definition) is 3. The minimum Gasteiger partial charge on any atom is -0.480 e. The van der Waals surface area contributed by atoms with E-state index in [2.05, 4.69) is 20.4 Å². The second kappa shape index (κ2) is 10.5. The van der Waals surface area contributed by atoms with Gasteiger partial charge in [0.05, 0.1) is 38.5 Å². The maximum Gasteiger partial charge on any atom is 0.426 e. The molecule has 2 aliphatic rings. The van der Waals surface area contributed by atoms with E-state index >= 15 is 0 Å². The summed E-state index contributed by atoms with van der Waals surface area (Å²) in [6, 6.07) is 1.58. The molecule has 2 amide bonds. The van der Waals surface area contributed by atoms with E-state index < -0.39 is 67.9 Å². The fourth-order valence-electron chi connectivity index (χ4n) is 5.09. The van der Waals surface area contributed by atoms with Crippen molar-refractivity contribution in [2.75, 3.05) is 39.0 Å². The van der Waals surface area contributed by atoms with Gasteiger partial charge in [0.15, 0.2) is 5.82 Å². The number of nitrogen functional groups attached to an aromatic ring is 1. The summed E-state index contributed by atoms with van der Waals surface area (Å²) in [5.41, 5.74) is 3.72. The smallest absolute Gasteiger partial charge is 0.426 e. The zero-order valence-corrected chi connectivity index (χ0v) is 22.7. The Morgan fingerprint density at radius 3 is 2.53 bits per heavy atom. The van der Waals surface area contributed by atoms with Gasteiger partial charge >= 0.3 is 6.18 Å². The Bertz CT molecular complexity index is 1570. The Balaban J connectivity index is 1.41. The van der Waals surface area contributed by atoms with Crippen LogP contribution in [0.5, 0.6) is 5.88 Å². The molecule has 0 unspecified atom stereocenters. The Hall–Kier alpha value is -4.19. The molecule has 5 heterocycles. The molecular formula is C25H26F6N8O4. The molecule has 0 radical (unpaired) electrons. The molecule has 2 fully saturated rings. The van der Waals surface area contributed by atoms with Crippen LogP contribution in [-0.4, -0.2) is 110 Å². The number of likely N-dealkylation sites (tertiary alicyclic amines) is 2. The predicted octanol–water partition coefficient (Wildman–Crippen LogP) is 1.42. The second-order valence-electron chi connectivity index (χ2n) is 10.6. The van der Waals surface area contributed by atoms with E-state index in [0.717, 1.165) is 0 Å². The van der Waals surface area contributed by atoms with Gasteiger partial charge in [-0.2, -0.15) is 18.3 Å². The number of alkyl halides is 6. The van der Waals surface area contributed by atoms with Crippen LogP contribution in [0, 0.1) is 0 Å². The van der Waals surface area contributed by atoms with Crippen molar-refractivity contribution in [2.24, 2.45) is 0 Å². The highest BCUT2D eigenvalue weighted by Crippen LogP contribution is 2.35. The lowest BCUT2D eigenvalue weighted by atomic mass is 10.1. The van der Waals surface area contributed by atoms with Gasteiger partial charge in [-0.25, -0.2) is 27.7 Å². The van der Waals surface area contributed by atoms with Crippen molar-refractivity contribution in [2.45, 2.75) is 43.4 Å². The summed E-state index contributed by atoms with van der Waals surface area (Å²) < 4.78 is 87.6. The molecule has 18 heteroatoms. The molecule has 3 atom stereocenters. The third-order valence-corrected chi connectivity index (χ3v) is 7.37. The summed E-state index contributed by atoms with van der Waals surface area (Å²) in [6.07, 6.45) is -4.70.